The van der Waals surface area contributed by atoms with Crippen molar-refractivity contribution in [3.63, 3.8) is 0 Å². The van der Waals surface area contributed by atoms with Gasteiger partial charge in [0.2, 0.25) is 0 Å². The third-order valence-electron chi connectivity index (χ3n) is 4.02. The van der Waals surface area contributed by atoms with Crippen molar-refractivity contribution in [3.05, 3.63) is 35.9 Å². The molecule has 0 saturated heterocycles. The van der Waals surface area contributed by atoms with Crippen molar-refractivity contribution < 1.29 is 0 Å². The van der Waals surface area contributed by atoms with Crippen LogP contribution in [0.5, 0.6) is 0 Å². The minimum Gasteiger partial charge on any atom is -0.271 e. The van der Waals surface area contributed by atoms with Crippen molar-refractivity contribution in [1.29, 1.82) is 0 Å². The molecular formula is C15H24N2. The molecule has 0 amide bonds. The summed E-state index contributed by atoms with van der Waals surface area (Å²) in [5, 5.41) is 0. The summed E-state index contributed by atoms with van der Waals surface area (Å²) in [7, 11) is 0. The molecule has 1 saturated carbocycles. The predicted octanol–water partition coefficient (Wildman–Crippen LogP) is 3.26. The molecule has 1 aliphatic carbocycles. The minimum atomic E-state index is 0.307. The second-order valence-electron chi connectivity index (χ2n) is 5.73. The Bertz CT molecular complexity index is 326. The number of nitrogens with two attached hydrogens (primary N) is 1. The Kier molecular flexibility index (Phi) is 4.19. The Morgan fingerprint density at radius 2 is 1.65 bits per heavy atom. The number of nitrogens with one attached hydrogen (secondary N) is 1. The van der Waals surface area contributed by atoms with E-state index in [9.17, 15) is 0 Å². The standard InChI is InChI=1S/C15H24N2/c1-11-8-12(2)10-14(9-11)15(17-16)13-6-4-3-5-7-13/h3-7,11-12,14-15,17H,8-10,16H2,1-2H3. The summed E-state index contributed by atoms with van der Waals surface area (Å²) in [6.45, 7) is 4.72. The lowest BCUT2D eigenvalue weighted by Crippen LogP contribution is -2.36. The second kappa shape index (κ2) is 5.65. The summed E-state index contributed by atoms with van der Waals surface area (Å²) >= 11 is 0. The van der Waals surface area contributed by atoms with E-state index in [2.05, 4.69) is 49.6 Å². The minimum absolute atomic E-state index is 0.307. The first-order valence-corrected chi connectivity index (χ1v) is 6.71. The summed E-state index contributed by atoms with van der Waals surface area (Å²) in [5.74, 6) is 8.09. The lowest BCUT2D eigenvalue weighted by Gasteiger charge is -2.36. The monoisotopic (exact) mass is 232 g/mol. The smallest absolute Gasteiger partial charge is 0.0488 e. The van der Waals surface area contributed by atoms with Crippen LogP contribution in [-0.4, -0.2) is 0 Å². The molecule has 94 valence electrons. The van der Waals surface area contributed by atoms with Crippen LogP contribution in [0.15, 0.2) is 30.3 Å². The normalized spacial score (nSPS) is 31.1. The Hall–Kier alpha value is -0.860. The summed E-state index contributed by atoms with van der Waals surface area (Å²) in [4.78, 5) is 0. The highest BCUT2D eigenvalue weighted by Crippen LogP contribution is 2.39. The van der Waals surface area contributed by atoms with Crippen LogP contribution in [0.4, 0.5) is 0 Å². The van der Waals surface area contributed by atoms with E-state index in [0.717, 1.165) is 11.8 Å². The van der Waals surface area contributed by atoms with Crippen molar-refractivity contribution in [2.24, 2.45) is 23.6 Å². The van der Waals surface area contributed by atoms with Gasteiger partial charge in [-0.3, -0.25) is 11.3 Å². The zero-order valence-corrected chi connectivity index (χ0v) is 10.9. The molecule has 0 spiro atoms. The molecule has 2 heteroatoms. The maximum absolute atomic E-state index is 5.78. The Labute approximate surface area is 105 Å². The topological polar surface area (TPSA) is 38.0 Å². The van der Waals surface area contributed by atoms with Gasteiger partial charge in [-0.2, -0.15) is 0 Å². The van der Waals surface area contributed by atoms with Gasteiger partial charge < -0.3 is 0 Å². The van der Waals surface area contributed by atoms with Gasteiger partial charge in [-0.15, -0.1) is 0 Å². The van der Waals surface area contributed by atoms with Crippen LogP contribution >= 0.6 is 0 Å². The fourth-order valence-electron chi connectivity index (χ4n) is 3.45. The molecule has 1 aliphatic rings. The molecule has 3 atom stereocenters. The molecule has 3 unspecified atom stereocenters. The van der Waals surface area contributed by atoms with Crippen LogP contribution in [0, 0.1) is 17.8 Å². The molecule has 2 nitrogen and oxygen atoms in total. The van der Waals surface area contributed by atoms with Crippen LogP contribution in [0.3, 0.4) is 0 Å². The van der Waals surface area contributed by atoms with Gasteiger partial charge in [-0.05, 0) is 42.6 Å². The highest BCUT2D eigenvalue weighted by Gasteiger charge is 2.30. The van der Waals surface area contributed by atoms with E-state index in [1.54, 1.807) is 0 Å². The fourth-order valence-corrected chi connectivity index (χ4v) is 3.45. The van der Waals surface area contributed by atoms with Crippen molar-refractivity contribution in [3.8, 4) is 0 Å². The summed E-state index contributed by atoms with van der Waals surface area (Å²) in [6, 6.07) is 10.9. The highest BCUT2D eigenvalue weighted by atomic mass is 15.2. The van der Waals surface area contributed by atoms with E-state index in [4.69, 9.17) is 5.84 Å². The van der Waals surface area contributed by atoms with Crippen LogP contribution in [0.2, 0.25) is 0 Å². The van der Waals surface area contributed by atoms with E-state index < -0.39 is 0 Å². The number of hydrazine groups is 1. The van der Waals surface area contributed by atoms with E-state index in [0.29, 0.717) is 12.0 Å². The second-order valence-corrected chi connectivity index (χ2v) is 5.73. The number of benzene rings is 1. The number of hydrogen-bond donors (Lipinski definition) is 2. The van der Waals surface area contributed by atoms with Crippen LogP contribution < -0.4 is 11.3 Å². The maximum Gasteiger partial charge on any atom is 0.0488 e. The zero-order chi connectivity index (χ0) is 12.3. The van der Waals surface area contributed by atoms with Crippen molar-refractivity contribution in [1.82, 2.24) is 5.43 Å². The SMILES string of the molecule is CC1CC(C)CC(C(NN)c2ccccc2)C1. The largest absolute Gasteiger partial charge is 0.271 e. The van der Waals surface area contributed by atoms with Crippen molar-refractivity contribution in [2.45, 2.75) is 39.2 Å². The third kappa shape index (κ3) is 3.08. The summed E-state index contributed by atoms with van der Waals surface area (Å²) in [6.07, 6.45) is 3.94. The molecule has 2 rings (SSSR count). The molecule has 3 N–H and O–H groups in total. The fraction of sp³-hybridized carbons (Fsp3) is 0.600. The van der Waals surface area contributed by atoms with Gasteiger partial charge in [0.05, 0.1) is 0 Å². The quantitative estimate of drug-likeness (QED) is 0.620. The van der Waals surface area contributed by atoms with Gasteiger partial charge in [0, 0.05) is 6.04 Å². The van der Waals surface area contributed by atoms with Gasteiger partial charge in [-0.1, -0.05) is 44.2 Å². The number of rotatable bonds is 3. The molecule has 0 bridgehead atoms. The van der Waals surface area contributed by atoms with E-state index in [1.165, 1.54) is 24.8 Å². The lowest BCUT2D eigenvalue weighted by atomic mass is 9.72. The molecule has 0 aliphatic heterocycles. The maximum atomic E-state index is 5.78. The summed E-state index contributed by atoms with van der Waals surface area (Å²) < 4.78 is 0. The molecule has 0 aromatic heterocycles. The molecular weight excluding hydrogens is 208 g/mol. The van der Waals surface area contributed by atoms with Gasteiger partial charge in [0.1, 0.15) is 0 Å². The first-order valence-electron chi connectivity index (χ1n) is 6.71. The molecule has 1 aromatic rings. The van der Waals surface area contributed by atoms with Gasteiger partial charge in [-0.25, -0.2) is 0 Å². The average molecular weight is 232 g/mol. The highest BCUT2D eigenvalue weighted by molar-refractivity contribution is 5.19. The third-order valence-corrected chi connectivity index (χ3v) is 4.02. The first-order chi connectivity index (χ1) is 8.20. The van der Waals surface area contributed by atoms with Gasteiger partial charge >= 0.3 is 0 Å². The zero-order valence-electron chi connectivity index (χ0n) is 10.9. The molecule has 1 aromatic carbocycles. The Morgan fingerprint density at radius 3 is 2.18 bits per heavy atom. The van der Waals surface area contributed by atoms with Crippen molar-refractivity contribution >= 4 is 0 Å². The van der Waals surface area contributed by atoms with E-state index >= 15 is 0 Å². The average Bonchev–Trinajstić information content (AvgIpc) is 2.30. The first kappa shape index (κ1) is 12.6. The van der Waals surface area contributed by atoms with Crippen LogP contribution in [0.1, 0.15) is 44.7 Å². The molecule has 17 heavy (non-hydrogen) atoms. The molecule has 0 radical (unpaired) electrons. The van der Waals surface area contributed by atoms with Crippen LogP contribution in [-0.2, 0) is 0 Å². The van der Waals surface area contributed by atoms with Gasteiger partial charge in [0.15, 0.2) is 0 Å². The Morgan fingerprint density at radius 1 is 1.06 bits per heavy atom. The molecule has 0 heterocycles. The van der Waals surface area contributed by atoms with Gasteiger partial charge in [0.25, 0.3) is 0 Å². The summed E-state index contributed by atoms with van der Waals surface area (Å²) in [5.41, 5.74) is 4.35. The number of hydrogen-bond acceptors (Lipinski definition) is 2. The van der Waals surface area contributed by atoms with E-state index in [1.807, 2.05) is 0 Å². The predicted molar refractivity (Wildman–Crippen MR) is 72.2 cm³/mol. The lowest BCUT2D eigenvalue weighted by molar-refractivity contribution is 0.177. The molecule has 1 fully saturated rings. The van der Waals surface area contributed by atoms with Crippen LogP contribution in [0.25, 0.3) is 0 Å². The van der Waals surface area contributed by atoms with Crippen molar-refractivity contribution in [2.75, 3.05) is 0 Å². The van der Waals surface area contributed by atoms with E-state index in [-0.39, 0.29) is 0 Å². The Balaban J connectivity index is 2.13.